The highest BCUT2D eigenvalue weighted by Crippen LogP contribution is 2.30. The highest BCUT2D eigenvalue weighted by atomic mass is 16.6. The number of aromatic amines is 1. The second-order valence-electron chi connectivity index (χ2n) is 6.58. The molecule has 2 heterocycles. The number of rotatable bonds is 5. The van der Waals surface area contributed by atoms with Crippen LogP contribution in [0.1, 0.15) is 11.3 Å². The van der Waals surface area contributed by atoms with Gasteiger partial charge in [0.1, 0.15) is 6.61 Å². The summed E-state index contributed by atoms with van der Waals surface area (Å²) in [5.74, 6) is 0.230. The predicted molar refractivity (Wildman–Crippen MR) is 108 cm³/mol. The summed E-state index contributed by atoms with van der Waals surface area (Å²) in [5.41, 5.74) is 5.27. The molecule has 0 spiro atoms. The number of nitrogens with zero attached hydrogens (tertiary/aromatic N) is 1. The Labute approximate surface area is 166 Å². The number of fused-ring (bicyclic) bond motifs is 2. The average molecular weight is 392 g/mol. The molecule has 0 saturated heterocycles. The number of carbonyl (C=O) groups is 2. The van der Waals surface area contributed by atoms with Gasteiger partial charge in [-0.05, 0) is 25.1 Å². The van der Waals surface area contributed by atoms with Gasteiger partial charge in [-0.2, -0.15) is 5.10 Å². The number of hydrogen-bond acceptors (Lipinski definition) is 5. The number of ether oxygens (including phenoxy) is 2. The lowest BCUT2D eigenvalue weighted by atomic mass is 10.1. The van der Waals surface area contributed by atoms with Gasteiger partial charge in [0, 0.05) is 22.2 Å². The molecule has 3 aromatic rings. The highest BCUT2D eigenvalue weighted by Gasteiger charge is 2.27. The van der Waals surface area contributed by atoms with Crippen molar-refractivity contribution < 1.29 is 19.1 Å². The summed E-state index contributed by atoms with van der Waals surface area (Å²) < 4.78 is 11.1. The Bertz CT molecular complexity index is 1090. The van der Waals surface area contributed by atoms with Crippen molar-refractivity contribution in [1.82, 2.24) is 15.7 Å². The standard InChI is InChI=1S/C21H20N4O4/c1-13-15(14-6-2-3-7-16(14)24-13)10-23-25-20(26)11-22-21(27)19-12-28-17-8-4-5-9-18(17)29-19/h2-10,19,24H,11-12H2,1H3,(H,22,27)(H,25,26). The Morgan fingerprint density at radius 2 is 1.93 bits per heavy atom. The van der Waals surface area contributed by atoms with E-state index in [1.165, 1.54) is 0 Å². The number of benzene rings is 2. The molecule has 1 aliphatic heterocycles. The van der Waals surface area contributed by atoms with E-state index >= 15 is 0 Å². The van der Waals surface area contributed by atoms with E-state index in [-0.39, 0.29) is 13.2 Å². The van der Waals surface area contributed by atoms with Crippen molar-refractivity contribution in [3.63, 3.8) is 0 Å². The number of carbonyl (C=O) groups excluding carboxylic acids is 2. The lowest BCUT2D eigenvalue weighted by Crippen LogP contribution is -2.46. The molecular formula is C21H20N4O4. The van der Waals surface area contributed by atoms with Crippen LogP contribution in [0.4, 0.5) is 0 Å². The van der Waals surface area contributed by atoms with Crippen molar-refractivity contribution in [1.29, 1.82) is 0 Å². The summed E-state index contributed by atoms with van der Waals surface area (Å²) in [6, 6.07) is 15.0. The lowest BCUT2D eigenvalue weighted by Gasteiger charge is -2.25. The molecule has 0 radical (unpaired) electrons. The first-order chi connectivity index (χ1) is 14.1. The fourth-order valence-electron chi connectivity index (χ4n) is 3.10. The third-order valence-electron chi connectivity index (χ3n) is 4.55. The molecule has 1 unspecified atom stereocenters. The predicted octanol–water partition coefficient (Wildman–Crippen LogP) is 1.88. The van der Waals surface area contributed by atoms with E-state index in [0.29, 0.717) is 11.5 Å². The average Bonchev–Trinajstić information content (AvgIpc) is 3.07. The minimum absolute atomic E-state index is 0.0858. The second-order valence-corrected chi connectivity index (χ2v) is 6.58. The molecule has 0 saturated carbocycles. The number of aryl methyl sites for hydroxylation is 1. The first-order valence-electron chi connectivity index (χ1n) is 9.17. The molecule has 0 aliphatic carbocycles. The molecule has 1 aromatic heterocycles. The Hall–Kier alpha value is -3.81. The minimum atomic E-state index is -0.810. The van der Waals surface area contributed by atoms with Gasteiger partial charge in [-0.3, -0.25) is 9.59 Å². The van der Waals surface area contributed by atoms with Crippen molar-refractivity contribution in [2.45, 2.75) is 13.0 Å². The zero-order valence-electron chi connectivity index (χ0n) is 15.8. The largest absolute Gasteiger partial charge is 0.485 e. The van der Waals surface area contributed by atoms with Crippen LogP contribution in [0.15, 0.2) is 53.6 Å². The molecule has 1 atom stereocenters. The first kappa shape index (κ1) is 18.5. The molecule has 148 valence electrons. The van der Waals surface area contributed by atoms with Crippen LogP contribution in [0.2, 0.25) is 0 Å². The second kappa shape index (κ2) is 8.05. The summed E-state index contributed by atoms with van der Waals surface area (Å²) in [4.78, 5) is 27.5. The number of hydrogen-bond donors (Lipinski definition) is 3. The van der Waals surface area contributed by atoms with Crippen molar-refractivity contribution >= 4 is 28.9 Å². The Morgan fingerprint density at radius 1 is 1.17 bits per heavy atom. The monoisotopic (exact) mass is 392 g/mol. The summed E-state index contributed by atoms with van der Waals surface area (Å²) in [7, 11) is 0. The molecule has 3 N–H and O–H groups in total. The summed E-state index contributed by atoms with van der Waals surface area (Å²) >= 11 is 0. The van der Waals surface area contributed by atoms with E-state index in [4.69, 9.17) is 9.47 Å². The molecule has 29 heavy (non-hydrogen) atoms. The van der Waals surface area contributed by atoms with E-state index in [0.717, 1.165) is 22.2 Å². The van der Waals surface area contributed by atoms with Crippen molar-refractivity contribution in [3.8, 4) is 11.5 Å². The molecule has 4 rings (SSSR count). The maximum absolute atomic E-state index is 12.2. The molecule has 2 aromatic carbocycles. The Morgan fingerprint density at radius 3 is 2.79 bits per heavy atom. The van der Waals surface area contributed by atoms with Gasteiger partial charge in [0.05, 0.1) is 12.8 Å². The molecule has 1 aliphatic rings. The van der Waals surface area contributed by atoms with Crippen molar-refractivity contribution in [2.24, 2.45) is 5.10 Å². The van der Waals surface area contributed by atoms with E-state index < -0.39 is 17.9 Å². The quantitative estimate of drug-likeness (QED) is 0.455. The van der Waals surface area contributed by atoms with Crippen LogP contribution in [-0.2, 0) is 9.59 Å². The zero-order chi connectivity index (χ0) is 20.2. The molecule has 8 heteroatoms. The normalized spacial score (nSPS) is 15.4. The summed E-state index contributed by atoms with van der Waals surface area (Å²) in [6.07, 6.45) is 0.776. The van der Waals surface area contributed by atoms with Gasteiger partial charge in [0.25, 0.3) is 11.8 Å². The fourth-order valence-corrected chi connectivity index (χ4v) is 3.10. The number of nitrogens with one attached hydrogen (secondary N) is 3. The van der Waals surface area contributed by atoms with Gasteiger partial charge in [-0.25, -0.2) is 5.43 Å². The van der Waals surface area contributed by atoms with Gasteiger partial charge < -0.3 is 19.8 Å². The van der Waals surface area contributed by atoms with E-state index in [1.807, 2.05) is 37.3 Å². The molecular weight excluding hydrogens is 372 g/mol. The van der Waals surface area contributed by atoms with Gasteiger partial charge >= 0.3 is 0 Å². The number of H-pyrrole nitrogens is 1. The molecule has 0 bridgehead atoms. The summed E-state index contributed by atoms with van der Waals surface area (Å²) in [6.45, 7) is 1.81. The highest BCUT2D eigenvalue weighted by molar-refractivity contribution is 6.01. The topological polar surface area (TPSA) is 105 Å². The zero-order valence-corrected chi connectivity index (χ0v) is 15.8. The number of para-hydroxylation sites is 3. The van der Waals surface area contributed by atoms with Gasteiger partial charge in [-0.15, -0.1) is 0 Å². The maximum atomic E-state index is 12.2. The van der Waals surface area contributed by atoms with Crippen molar-refractivity contribution in [3.05, 3.63) is 59.8 Å². The fraction of sp³-hybridized carbons (Fsp3) is 0.190. The number of hydrazone groups is 1. The van der Waals surface area contributed by atoms with Crippen LogP contribution >= 0.6 is 0 Å². The molecule has 2 amide bonds. The SMILES string of the molecule is Cc1[nH]c2ccccc2c1C=NNC(=O)CNC(=O)C1COc2ccccc2O1. The number of amides is 2. The third-order valence-corrected chi connectivity index (χ3v) is 4.55. The smallest absolute Gasteiger partial charge is 0.265 e. The molecule has 8 nitrogen and oxygen atoms in total. The Kier molecular flexibility index (Phi) is 5.15. The van der Waals surface area contributed by atoms with Gasteiger partial charge in [0.2, 0.25) is 6.10 Å². The van der Waals surface area contributed by atoms with Gasteiger partial charge in [0.15, 0.2) is 11.5 Å². The Balaban J connectivity index is 1.28. The van der Waals surface area contributed by atoms with Crippen LogP contribution in [0.5, 0.6) is 11.5 Å². The number of aromatic nitrogens is 1. The summed E-state index contributed by atoms with van der Waals surface area (Å²) in [5, 5.41) is 7.54. The minimum Gasteiger partial charge on any atom is -0.485 e. The van der Waals surface area contributed by atoms with Crippen molar-refractivity contribution in [2.75, 3.05) is 13.2 Å². The first-order valence-corrected chi connectivity index (χ1v) is 9.17. The lowest BCUT2D eigenvalue weighted by molar-refractivity contribution is -0.132. The third kappa shape index (κ3) is 4.06. The van der Waals surface area contributed by atoms with Crippen LogP contribution in [0, 0.1) is 6.92 Å². The van der Waals surface area contributed by atoms with E-state index in [2.05, 4.69) is 20.8 Å². The van der Waals surface area contributed by atoms with E-state index in [1.54, 1.807) is 24.4 Å². The van der Waals surface area contributed by atoms with E-state index in [9.17, 15) is 9.59 Å². The van der Waals surface area contributed by atoms with Crippen LogP contribution in [0.25, 0.3) is 10.9 Å². The van der Waals surface area contributed by atoms with Gasteiger partial charge in [-0.1, -0.05) is 30.3 Å². The maximum Gasteiger partial charge on any atom is 0.265 e. The van der Waals surface area contributed by atoms with Crippen LogP contribution < -0.4 is 20.2 Å². The van der Waals surface area contributed by atoms with Crippen LogP contribution in [0.3, 0.4) is 0 Å². The van der Waals surface area contributed by atoms with Crippen LogP contribution in [-0.4, -0.2) is 42.3 Å². The molecule has 0 fully saturated rings.